The van der Waals surface area contributed by atoms with E-state index >= 15 is 0 Å². The fourth-order valence-electron chi connectivity index (χ4n) is 2.49. The number of hydrogen-bond acceptors (Lipinski definition) is 6. The van der Waals surface area contributed by atoms with E-state index in [9.17, 15) is 8.42 Å². The molecule has 114 valence electrons. The summed E-state index contributed by atoms with van der Waals surface area (Å²) in [7, 11) is -0.764. The second-order valence-electron chi connectivity index (χ2n) is 5.65. The SMILES string of the molecule is CCCc1nc(CN(C)CC[C@H]2CCS(=O)(=O)C2)no1. The highest BCUT2D eigenvalue weighted by Gasteiger charge is 2.27. The van der Waals surface area contributed by atoms with E-state index in [1.54, 1.807) is 0 Å². The molecular formula is C13H23N3O3S. The largest absolute Gasteiger partial charge is 0.339 e. The van der Waals surface area contributed by atoms with Gasteiger partial charge in [-0.3, -0.25) is 4.90 Å². The number of nitrogens with zero attached hydrogens (tertiary/aromatic N) is 3. The van der Waals surface area contributed by atoms with E-state index < -0.39 is 9.84 Å². The lowest BCUT2D eigenvalue weighted by Crippen LogP contribution is -2.22. The van der Waals surface area contributed by atoms with Gasteiger partial charge in [0.05, 0.1) is 18.1 Å². The minimum absolute atomic E-state index is 0.309. The Morgan fingerprint density at radius 3 is 2.90 bits per heavy atom. The maximum atomic E-state index is 11.4. The standard InChI is InChI=1S/C13H23N3O3S/c1-3-4-13-14-12(15-19-13)9-16(2)7-5-11-6-8-20(17,18)10-11/h11H,3-10H2,1-2H3/t11-/m0/s1. The lowest BCUT2D eigenvalue weighted by Gasteiger charge is -2.16. The second kappa shape index (κ2) is 6.67. The summed E-state index contributed by atoms with van der Waals surface area (Å²) in [4.78, 5) is 6.44. The smallest absolute Gasteiger partial charge is 0.226 e. The third-order valence-corrected chi connectivity index (χ3v) is 5.47. The van der Waals surface area contributed by atoms with E-state index in [1.807, 2.05) is 7.05 Å². The van der Waals surface area contributed by atoms with Crippen LogP contribution in [0.3, 0.4) is 0 Å². The van der Waals surface area contributed by atoms with Crippen molar-refractivity contribution in [3.05, 3.63) is 11.7 Å². The molecule has 1 fully saturated rings. The maximum Gasteiger partial charge on any atom is 0.226 e. The Kier molecular flexibility index (Phi) is 5.15. The number of aromatic nitrogens is 2. The molecule has 20 heavy (non-hydrogen) atoms. The van der Waals surface area contributed by atoms with Crippen LogP contribution in [0, 0.1) is 5.92 Å². The fraction of sp³-hybridized carbons (Fsp3) is 0.846. The maximum absolute atomic E-state index is 11.4. The molecule has 0 amide bonds. The predicted molar refractivity (Wildman–Crippen MR) is 76.0 cm³/mol. The van der Waals surface area contributed by atoms with Gasteiger partial charge in [0.15, 0.2) is 15.7 Å². The molecule has 2 rings (SSSR count). The first-order valence-corrected chi connectivity index (χ1v) is 9.01. The molecule has 1 aliphatic rings. The van der Waals surface area contributed by atoms with Gasteiger partial charge >= 0.3 is 0 Å². The van der Waals surface area contributed by atoms with Crippen LogP contribution in [0.1, 0.15) is 37.9 Å². The van der Waals surface area contributed by atoms with Gasteiger partial charge in [0.2, 0.25) is 5.89 Å². The number of hydrogen-bond donors (Lipinski definition) is 0. The molecule has 1 saturated heterocycles. The lowest BCUT2D eigenvalue weighted by atomic mass is 10.1. The van der Waals surface area contributed by atoms with Gasteiger partial charge in [-0.2, -0.15) is 4.98 Å². The van der Waals surface area contributed by atoms with Crippen molar-refractivity contribution in [2.45, 2.75) is 39.2 Å². The molecule has 0 aliphatic carbocycles. The van der Waals surface area contributed by atoms with Crippen LogP contribution in [0.2, 0.25) is 0 Å². The van der Waals surface area contributed by atoms with Crippen molar-refractivity contribution in [1.29, 1.82) is 0 Å². The topological polar surface area (TPSA) is 76.3 Å². The van der Waals surface area contributed by atoms with Gasteiger partial charge < -0.3 is 4.52 Å². The summed E-state index contributed by atoms with van der Waals surface area (Å²) in [6.07, 6.45) is 3.53. The molecule has 1 aromatic heterocycles. The Bertz CT molecular complexity index is 527. The molecule has 0 N–H and O–H groups in total. The summed E-state index contributed by atoms with van der Waals surface area (Å²) in [5, 5.41) is 3.95. The van der Waals surface area contributed by atoms with Crippen molar-refractivity contribution in [3.8, 4) is 0 Å². The minimum atomic E-state index is -2.76. The van der Waals surface area contributed by atoms with Gasteiger partial charge in [-0.05, 0) is 38.8 Å². The molecular weight excluding hydrogens is 278 g/mol. The molecule has 0 unspecified atom stereocenters. The zero-order chi connectivity index (χ0) is 14.6. The monoisotopic (exact) mass is 301 g/mol. The minimum Gasteiger partial charge on any atom is -0.339 e. The van der Waals surface area contributed by atoms with E-state index in [-0.39, 0.29) is 0 Å². The fourth-order valence-corrected chi connectivity index (χ4v) is 4.40. The molecule has 2 heterocycles. The van der Waals surface area contributed by atoms with Crippen LogP contribution in [0.25, 0.3) is 0 Å². The highest BCUT2D eigenvalue weighted by molar-refractivity contribution is 7.91. The molecule has 0 saturated carbocycles. The van der Waals surface area contributed by atoms with Gasteiger partial charge in [-0.25, -0.2) is 8.42 Å². The average molecular weight is 301 g/mol. The first-order chi connectivity index (χ1) is 9.48. The predicted octanol–water partition coefficient (Wildman–Crippen LogP) is 1.28. The van der Waals surface area contributed by atoms with Crippen LogP contribution in [0.5, 0.6) is 0 Å². The van der Waals surface area contributed by atoms with Gasteiger partial charge in [-0.1, -0.05) is 12.1 Å². The first kappa shape index (κ1) is 15.4. The summed E-state index contributed by atoms with van der Waals surface area (Å²) >= 11 is 0. The molecule has 7 heteroatoms. The zero-order valence-electron chi connectivity index (χ0n) is 12.2. The summed E-state index contributed by atoms with van der Waals surface area (Å²) in [5.41, 5.74) is 0. The van der Waals surface area contributed by atoms with Crippen molar-refractivity contribution < 1.29 is 12.9 Å². The van der Waals surface area contributed by atoms with E-state index in [4.69, 9.17) is 4.52 Å². The lowest BCUT2D eigenvalue weighted by molar-refractivity contribution is 0.285. The first-order valence-electron chi connectivity index (χ1n) is 7.19. The van der Waals surface area contributed by atoms with Gasteiger partial charge in [-0.15, -0.1) is 0 Å². The van der Waals surface area contributed by atoms with E-state index in [0.717, 1.165) is 32.2 Å². The van der Waals surface area contributed by atoms with Crippen molar-refractivity contribution in [3.63, 3.8) is 0 Å². The van der Waals surface area contributed by atoms with Crippen LogP contribution in [-0.2, 0) is 22.8 Å². The van der Waals surface area contributed by atoms with Gasteiger partial charge in [0, 0.05) is 6.42 Å². The molecule has 0 bridgehead atoms. The van der Waals surface area contributed by atoms with Crippen LogP contribution in [-0.4, -0.2) is 48.6 Å². The Labute approximate surface area is 120 Å². The van der Waals surface area contributed by atoms with E-state index in [0.29, 0.717) is 35.7 Å². The molecule has 6 nitrogen and oxygen atoms in total. The summed E-state index contributed by atoms with van der Waals surface area (Å²) in [6.45, 7) is 3.58. The Balaban J connectivity index is 1.73. The Hall–Kier alpha value is -0.950. The van der Waals surface area contributed by atoms with Gasteiger partial charge in [0.1, 0.15) is 0 Å². The molecule has 1 atom stereocenters. The van der Waals surface area contributed by atoms with Gasteiger partial charge in [0.25, 0.3) is 0 Å². The van der Waals surface area contributed by atoms with Crippen LogP contribution in [0.4, 0.5) is 0 Å². The van der Waals surface area contributed by atoms with Crippen LogP contribution >= 0.6 is 0 Å². The number of sulfone groups is 1. The number of rotatable bonds is 7. The highest BCUT2D eigenvalue weighted by Crippen LogP contribution is 2.21. The van der Waals surface area contributed by atoms with Crippen molar-refractivity contribution in [2.24, 2.45) is 5.92 Å². The van der Waals surface area contributed by atoms with Crippen molar-refractivity contribution in [1.82, 2.24) is 15.0 Å². The Morgan fingerprint density at radius 1 is 1.45 bits per heavy atom. The third-order valence-electron chi connectivity index (χ3n) is 3.63. The van der Waals surface area contributed by atoms with E-state index in [2.05, 4.69) is 22.0 Å². The Morgan fingerprint density at radius 2 is 2.25 bits per heavy atom. The summed E-state index contributed by atoms with van der Waals surface area (Å²) in [6, 6.07) is 0. The van der Waals surface area contributed by atoms with Crippen molar-refractivity contribution in [2.75, 3.05) is 25.1 Å². The second-order valence-corrected chi connectivity index (χ2v) is 7.88. The zero-order valence-corrected chi connectivity index (χ0v) is 13.0. The highest BCUT2D eigenvalue weighted by atomic mass is 32.2. The molecule has 0 radical (unpaired) electrons. The average Bonchev–Trinajstić information content (AvgIpc) is 2.94. The molecule has 1 aromatic rings. The summed E-state index contributed by atoms with van der Waals surface area (Å²) < 4.78 is 27.9. The molecule has 0 aromatic carbocycles. The molecule has 0 spiro atoms. The van der Waals surface area contributed by atoms with Crippen LogP contribution in [0.15, 0.2) is 4.52 Å². The summed E-state index contributed by atoms with van der Waals surface area (Å²) in [5.74, 6) is 2.41. The van der Waals surface area contributed by atoms with Crippen molar-refractivity contribution >= 4 is 9.84 Å². The normalized spacial score (nSPS) is 21.6. The molecule has 1 aliphatic heterocycles. The van der Waals surface area contributed by atoms with Crippen LogP contribution < -0.4 is 0 Å². The quantitative estimate of drug-likeness (QED) is 0.755. The van der Waals surface area contributed by atoms with E-state index in [1.165, 1.54) is 0 Å². The number of aryl methyl sites for hydroxylation is 1. The third kappa shape index (κ3) is 4.56.